The van der Waals surface area contributed by atoms with Crippen LogP contribution in [0.2, 0.25) is 0 Å². The Morgan fingerprint density at radius 1 is 1.50 bits per heavy atom. The molecule has 2 N–H and O–H groups in total. The van der Waals surface area contributed by atoms with Crippen LogP contribution >= 0.6 is 0 Å². The molecule has 0 aromatic rings. The van der Waals surface area contributed by atoms with E-state index in [4.69, 9.17) is 5.73 Å². The molecule has 0 saturated heterocycles. The highest BCUT2D eigenvalue weighted by Gasteiger charge is 2.50. The number of rotatable bonds is 4. The van der Waals surface area contributed by atoms with E-state index in [0.29, 0.717) is 6.42 Å². The van der Waals surface area contributed by atoms with E-state index in [2.05, 4.69) is 4.74 Å². The Morgan fingerprint density at radius 2 is 2.08 bits per heavy atom. The molecule has 0 bridgehead atoms. The van der Waals surface area contributed by atoms with Gasteiger partial charge < -0.3 is 10.5 Å². The van der Waals surface area contributed by atoms with Crippen LogP contribution in [-0.2, 0) is 14.3 Å². The molecule has 0 aromatic carbocycles. The van der Waals surface area contributed by atoms with Crippen molar-refractivity contribution in [2.45, 2.75) is 25.7 Å². The van der Waals surface area contributed by atoms with Gasteiger partial charge in [0.25, 0.3) is 0 Å². The maximum atomic E-state index is 11.1. The first kappa shape index (κ1) is 9.03. The molecule has 1 amide bonds. The molecular weight excluding hydrogens is 158 g/mol. The Labute approximate surface area is 71.1 Å². The SMILES string of the molecule is COC(=O)C1(CCC(N)=O)CC1. The van der Waals surface area contributed by atoms with Crippen LogP contribution in [0.25, 0.3) is 0 Å². The van der Waals surface area contributed by atoms with Gasteiger partial charge >= 0.3 is 5.97 Å². The molecule has 1 fully saturated rings. The third-order valence-corrected chi connectivity index (χ3v) is 2.32. The van der Waals surface area contributed by atoms with E-state index in [-0.39, 0.29) is 23.7 Å². The fraction of sp³-hybridized carbons (Fsp3) is 0.750. The van der Waals surface area contributed by atoms with E-state index >= 15 is 0 Å². The molecule has 68 valence electrons. The Morgan fingerprint density at radius 3 is 2.42 bits per heavy atom. The molecule has 0 heterocycles. The number of hydrogen-bond donors (Lipinski definition) is 1. The Balaban J connectivity index is 2.39. The summed E-state index contributed by atoms with van der Waals surface area (Å²) < 4.78 is 4.62. The second-order valence-electron chi connectivity index (χ2n) is 3.24. The lowest BCUT2D eigenvalue weighted by Crippen LogP contribution is -2.20. The van der Waals surface area contributed by atoms with Gasteiger partial charge in [-0.05, 0) is 19.3 Å². The number of esters is 1. The molecule has 0 radical (unpaired) electrons. The van der Waals surface area contributed by atoms with Crippen molar-refractivity contribution in [2.24, 2.45) is 11.1 Å². The molecule has 4 heteroatoms. The molecule has 4 nitrogen and oxygen atoms in total. The Kier molecular flexibility index (Phi) is 2.35. The molecule has 0 unspecified atom stereocenters. The molecule has 1 aliphatic rings. The molecule has 0 spiro atoms. The van der Waals surface area contributed by atoms with Gasteiger partial charge in [0.15, 0.2) is 0 Å². The van der Waals surface area contributed by atoms with Crippen LogP contribution in [0.1, 0.15) is 25.7 Å². The number of primary amides is 1. The second-order valence-corrected chi connectivity index (χ2v) is 3.24. The predicted octanol–water partition coefficient (Wildman–Crippen LogP) is 0.205. The maximum absolute atomic E-state index is 11.1. The summed E-state index contributed by atoms with van der Waals surface area (Å²) in [5.41, 5.74) is 4.61. The Bertz CT molecular complexity index is 208. The van der Waals surface area contributed by atoms with Crippen LogP contribution in [0.5, 0.6) is 0 Å². The van der Waals surface area contributed by atoms with Crippen molar-refractivity contribution < 1.29 is 14.3 Å². The summed E-state index contributed by atoms with van der Waals surface area (Å²) >= 11 is 0. The molecule has 0 aliphatic heterocycles. The van der Waals surface area contributed by atoms with Crippen molar-refractivity contribution in [2.75, 3.05) is 7.11 Å². The van der Waals surface area contributed by atoms with Crippen LogP contribution < -0.4 is 5.73 Å². The van der Waals surface area contributed by atoms with Gasteiger partial charge in [-0.25, -0.2) is 0 Å². The lowest BCUT2D eigenvalue weighted by atomic mass is 10.0. The largest absolute Gasteiger partial charge is 0.469 e. The van der Waals surface area contributed by atoms with Gasteiger partial charge in [0.1, 0.15) is 0 Å². The minimum absolute atomic E-state index is 0.205. The smallest absolute Gasteiger partial charge is 0.311 e. The van der Waals surface area contributed by atoms with Gasteiger partial charge in [-0.2, -0.15) is 0 Å². The van der Waals surface area contributed by atoms with Crippen LogP contribution in [0, 0.1) is 5.41 Å². The highest BCUT2D eigenvalue weighted by Crippen LogP contribution is 2.50. The Hall–Kier alpha value is -1.06. The number of carbonyl (C=O) groups excluding carboxylic acids is 2. The third kappa shape index (κ3) is 1.75. The van der Waals surface area contributed by atoms with Crippen molar-refractivity contribution in [1.82, 2.24) is 0 Å². The second kappa shape index (κ2) is 3.13. The highest BCUT2D eigenvalue weighted by molar-refractivity contribution is 5.81. The average Bonchev–Trinajstić information content (AvgIpc) is 2.80. The van der Waals surface area contributed by atoms with Gasteiger partial charge in [-0.15, -0.1) is 0 Å². The van der Waals surface area contributed by atoms with Crippen LogP contribution in [0.15, 0.2) is 0 Å². The summed E-state index contributed by atoms with van der Waals surface area (Å²) in [6.07, 6.45) is 2.46. The number of nitrogens with two attached hydrogens (primary N) is 1. The van der Waals surface area contributed by atoms with Crippen molar-refractivity contribution in [3.8, 4) is 0 Å². The zero-order valence-electron chi connectivity index (χ0n) is 7.13. The van der Waals surface area contributed by atoms with Gasteiger partial charge in [-0.1, -0.05) is 0 Å². The van der Waals surface area contributed by atoms with E-state index in [0.717, 1.165) is 12.8 Å². The fourth-order valence-electron chi connectivity index (χ4n) is 1.29. The van der Waals surface area contributed by atoms with Crippen molar-refractivity contribution in [3.63, 3.8) is 0 Å². The lowest BCUT2D eigenvalue weighted by molar-refractivity contribution is -0.147. The molecule has 1 saturated carbocycles. The number of ether oxygens (including phenoxy) is 1. The van der Waals surface area contributed by atoms with E-state index in [1.807, 2.05) is 0 Å². The van der Waals surface area contributed by atoms with Crippen molar-refractivity contribution in [3.05, 3.63) is 0 Å². The molecule has 1 rings (SSSR count). The van der Waals surface area contributed by atoms with E-state index in [9.17, 15) is 9.59 Å². The summed E-state index contributed by atoms with van der Waals surface area (Å²) in [6, 6.07) is 0. The van der Waals surface area contributed by atoms with Crippen molar-refractivity contribution in [1.29, 1.82) is 0 Å². The molecule has 0 atom stereocenters. The molecule has 0 aromatic heterocycles. The monoisotopic (exact) mass is 171 g/mol. The first-order chi connectivity index (χ1) is 5.60. The minimum atomic E-state index is -0.371. The van der Waals surface area contributed by atoms with Gasteiger partial charge in [0.05, 0.1) is 12.5 Å². The first-order valence-electron chi connectivity index (χ1n) is 3.97. The molecule has 1 aliphatic carbocycles. The van der Waals surface area contributed by atoms with Crippen LogP contribution in [-0.4, -0.2) is 19.0 Å². The summed E-state index contributed by atoms with van der Waals surface area (Å²) in [5.74, 6) is -0.561. The minimum Gasteiger partial charge on any atom is -0.469 e. The molecule has 12 heavy (non-hydrogen) atoms. The number of methoxy groups -OCH3 is 1. The van der Waals surface area contributed by atoms with Gasteiger partial charge in [0.2, 0.25) is 5.91 Å². The topological polar surface area (TPSA) is 69.4 Å². The average molecular weight is 171 g/mol. The normalized spacial score (nSPS) is 18.4. The lowest BCUT2D eigenvalue weighted by Gasteiger charge is -2.09. The quantitative estimate of drug-likeness (QED) is 0.614. The predicted molar refractivity (Wildman–Crippen MR) is 42.1 cm³/mol. The highest BCUT2D eigenvalue weighted by atomic mass is 16.5. The van der Waals surface area contributed by atoms with Crippen molar-refractivity contribution >= 4 is 11.9 Å². The summed E-state index contributed by atoms with van der Waals surface area (Å²) in [6.45, 7) is 0. The van der Waals surface area contributed by atoms with E-state index in [1.54, 1.807) is 0 Å². The van der Waals surface area contributed by atoms with Crippen LogP contribution in [0.3, 0.4) is 0 Å². The number of hydrogen-bond acceptors (Lipinski definition) is 3. The summed E-state index contributed by atoms with van der Waals surface area (Å²) in [4.78, 5) is 21.6. The summed E-state index contributed by atoms with van der Waals surface area (Å²) in [7, 11) is 1.37. The zero-order valence-corrected chi connectivity index (χ0v) is 7.13. The standard InChI is InChI=1S/C8H13NO3/c1-12-7(11)8(4-5-8)3-2-6(9)10/h2-5H2,1H3,(H2,9,10). The number of carbonyl (C=O) groups is 2. The van der Waals surface area contributed by atoms with Crippen LogP contribution in [0.4, 0.5) is 0 Å². The third-order valence-electron chi connectivity index (χ3n) is 2.32. The first-order valence-corrected chi connectivity index (χ1v) is 3.97. The maximum Gasteiger partial charge on any atom is 0.311 e. The summed E-state index contributed by atoms with van der Waals surface area (Å²) in [5, 5.41) is 0. The number of amides is 1. The van der Waals surface area contributed by atoms with Gasteiger partial charge in [-0.3, -0.25) is 9.59 Å². The zero-order chi connectivity index (χ0) is 9.19. The van der Waals surface area contributed by atoms with E-state index in [1.165, 1.54) is 7.11 Å². The molecular formula is C8H13NO3. The van der Waals surface area contributed by atoms with E-state index < -0.39 is 0 Å². The van der Waals surface area contributed by atoms with Gasteiger partial charge in [0, 0.05) is 6.42 Å². The fourth-order valence-corrected chi connectivity index (χ4v) is 1.29.